The summed E-state index contributed by atoms with van der Waals surface area (Å²) < 4.78 is 11.2. The van der Waals surface area contributed by atoms with E-state index in [-0.39, 0.29) is 6.42 Å². The van der Waals surface area contributed by atoms with Crippen molar-refractivity contribution >= 4 is 5.91 Å². The van der Waals surface area contributed by atoms with Gasteiger partial charge >= 0.3 is 0 Å². The number of hydrogen-bond donors (Lipinski definition) is 8. The molecule has 11 heteroatoms. The van der Waals surface area contributed by atoms with Crippen molar-refractivity contribution in [3.63, 3.8) is 0 Å². The van der Waals surface area contributed by atoms with E-state index in [1.165, 1.54) is 308 Å². The Balaban J connectivity index is 2.16. The van der Waals surface area contributed by atoms with Crippen molar-refractivity contribution in [1.29, 1.82) is 0 Å². The van der Waals surface area contributed by atoms with Gasteiger partial charge in [-0.2, -0.15) is 0 Å². The lowest BCUT2D eigenvalue weighted by Gasteiger charge is -2.40. The summed E-state index contributed by atoms with van der Waals surface area (Å²) in [5.74, 6) is -0.686. The molecule has 1 amide bonds. The summed E-state index contributed by atoms with van der Waals surface area (Å²) in [6, 6.07) is -1.16. The Labute approximate surface area is 513 Å². The molecule has 83 heavy (non-hydrogen) atoms. The molecule has 11 nitrogen and oxygen atoms in total. The van der Waals surface area contributed by atoms with Crippen LogP contribution in [0.4, 0.5) is 0 Å². The SMILES string of the molecule is CCCCCCCCCCCCCCCCCCCCCCCCCCCCCCC(O)C(=O)NC(COC1OC(CO)C(O)C(O)C1O)C(O)C(O)CCCCCCCCCCCCCCCCCCCCCCCCCCCCCC. The lowest BCUT2D eigenvalue weighted by atomic mass is 9.98. The Hall–Kier alpha value is -0.890. The van der Waals surface area contributed by atoms with Crippen LogP contribution >= 0.6 is 0 Å². The smallest absolute Gasteiger partial charge is 0.249 e. The summed E-state index contributed by atoms with van der Waals surface area (Å²) in [6.07, 6.45) is 63.4. The van der Waals surface area contributed by atoms with Gasteiger partial charge in [0.25, 0.3) is 0 Å². The molecule has 0 aromatic heterocycles. The Bertz CT molecular complexity index is 1310. The van der Waals surface area contributed by atoms with Gasteiger partial charge in [-0.1, -0.05) is 373 Å². The van der Waals surface area contributed by atoms with E-state index in [2.05, 4.69) is 19.2 Å². The van der Waals surface area contributed by atoms with Gasteiger partial charge < -0.3 is 50.5 Å². The fraction of sp³-hybridized carbons (Fsp3) is 0.986. The maximum Gasteiger partial charge on any atom is 0.249 e. The van der Waals surface area contributed by atoms with Crippen LogP contribution in [0.1, 0.15) is 386 Å². The van der Waals surface area contributed by atoms with Crippen LogP contribution in [0.2, 0.25) is 0 Å². The third-order valence-electron chi connectivity index (χ3n) is 18.4. The van der Waals surface area contributed by atoms with Crippen LogP contribution in [-0.2, 0) is 14.3 Å². The van der Waals surface area contributed by atoms with Crippen LogP contribution in [0.15, 0.2) is 0 Å². The van der Waals surface area contributed by atoms with E-state index >= 15 is 0 Å². The molecule has 0 bridgehead atoms. The monoisotopic (exact) mass is 1180 g/mol. The molecule has 0 spiro atoms. The maximum absolute atomic E-state index is 13.3. The average molecular weight is 1180 g/mol. The molecule has 1 saturated heterocycles. The summed E-state index contributed by atoms with van der Waals surface area (Å²) in [5, 5.41) is 76.6. The molecular formula is C72H143NO10. The van der Waals surface area contributed by atoms with Gasteiger partial charge in [0, 0.05) is 0 Å². The molecular weight excluding hydrogens is 1040 g/mol. The highest BCUT2D eigenvalue weighted by molar-refractivity contribution is 5.80. The van der Waals surface area contributed by atoms with Crippen molar-refractivity contribution in [3.8, 4) is 0 Å². The number of aliphatic hydroxyl groups excluding tert-OH is 7. The lowest BCUT2D eigenvalue weighted by Crippen LogP contribution is -2.60. The number of carbonyl (C=O) groups is 1. The Morgan fingerprint density at radius 1 is 0.373 bits per heavy atom. The summed E-state index contributed by atoms with van der Waals surface area (Å²) in [5.41, 5.74) is 0. The number of rotatable bonds is 66. The average Bonchev–Trinajstić information content (AvgIpc) is 3.68. The van der Waals surface area contributed by atoms with Gasteiger partial charge in [0.2, 0.25) is 5.91 Å². The zero-order chi connectivity index (χ0) is 60.3. The number of amides is 1. The molecule has 8 N–H and O–H groups in total. The van der Waals surface area contributed by atoms with Crippen molar-refractivity contribution < 1.29 is 50.0 Å². The van der Waals surface area contributed by atoms with E-state index in [1.54, 1.807) is 0 Å². The number of aliphatic hydroxyl groups is 7. The van der Waals surface area contributed by atoms with Crippen LogP contribution in [0, 0.1) is 0 Å². The minimum Gasteiger partial charge on any atom is -0.394 e. The Morgan fingerprint density at radius 3 is 0.892 bits per heavy atom. The second kappa shape index (κ2) is 61.4. The van der Waals surface area contributed by atoms with Crippen molar-refractivity contribution in [2.24, 2.45) is 0 Å². The van der Waals surface area contributed by atoms with Crippen LogP contribution in [0.5, 0.6) is 0 Å². The lowest BCUT2D eigenvalue weighted by molar-refractivity contribution is -0.303. The minimum atomic E-state index is -1.66. The topological polar surface area (TPSA) is 189 Å². The molecule has 9 unspecified atom stereocenters. The first kappa shape index (κ1) is 80.1. The highest BCUT2D eigenvalue weighted by Gasteiger charge is 2.44. The molecule has 9 atom stereocenters. The van der Waals surface area contributed by atoms with Crippen molar-refractivity contribution in [1.82, 2.24) is 5.32 Å². The number of ether oxygens (including phenoxy) is 2. The summed E-state index contributed by atoms with van der Waals surface area (Å²) >= 11 is 0. The largest absolute Gasteiger partial charge is 0.394 e. The number of unbranched alkanes of at least 4 members (excludes halogenated alkanes) is 54. The summed E-state index contributed by atoms with van der Waals surface area (Å²) in [6.45, 7) is 3.54. The number of carbonyl (C=O) groups excluding carboxylic acids is 1. The molecule has 1 aliphatic heterocycles. The first-order valence-electron chi connectivity index (χ1n) is 36.9. The predicted octanol–water partition coefficient (Wildman–Crippen LogP) is 18.0. The molecule has 1 aliphatic rings. The van der Waals surface area contributed by atoms with Crippen molar-refractivity contribution in [3.05, 3.63) is 0 Å². The third kappa shape index (κ3) is 48.7. The fourth-order valence-corrected chi connectivity index (χ4v) is 12.5. The van der Waals surface area contributed by atoms with E-state index in [0.29, 0.717) is 19.3 Å². The van der Waals surface area contributed by atoms with E-state index < -0.39 is 74.2 Å². The van der Waals surface area contributed by atoms with Gasteiger partial charge in [0.1, 0.15) is 36.6 Å². The van der Waals surface area contributed by atoms with Crippen molar-refractivity contribution in [2.75, 3.05) is 13.2 Å². The zero-order valence-corrected chi connectivity index (χ0v) is 55.0. The second-order valence-electron chi connectivity index (χ2n) is 26.4. The van der Waals surface area contributed by atoms with Gasteiger partial charge in [0.05, 0.1) is 25.4 Å². The Morgan fingerprint density at radius 2 is 0.627 bits per heavy atom. The fourth-order valence-electron chi connectivity index (χ4n) is 12.5. The third-order valence-corrected chi connectivity index (χ3v) is 18.4. The molecule has 1 heterocycles. The molecule has 0 radical (unpaired) electrons. The minimum absolute atomic E-state index is 0.268. The van der Waals surface area contributed by atoms with Crippen LogP contribution in [-0.4, -0.2) is 110 Å². The van der Waals surface area contributed by atoms with Gasteiger partial charge in [-0.25, -0.2) is 0 Å². The molecule has 0 aromatic carbocycles. The Kier molecular flexibility index (Phi) is 59.2. The van der Waals surface area contributed by atoms with Gasteiger partial charge in [-0.15, -0.1) is 0 Å². The van der Waals surface area contributed by atoms with Crippen LogP contribution < -0.4 is 5.32 Å². The second-order valence-corrected chi connectivity index (χ2v) is 26.4. The van der Waals surface area contributed by atoms with E-state index in [4.69, 9.17) is 9.47 Å². The van der Waals surface area contributed by atoms with E-state index in [9.17, 15) is 40.5 Å². The van der Waals surface area contributed by atoms with E-state index in [0.717, 1.165) is 38.5 Å². The highest BCUT2D eigenvalue weighted by Crippen LogP contribution is 2.24. The quantitative estimate of drug-likeness (QED) is 0.0272. The maximum atomic E-state index is 13.3. The normalized spacial score (nSPS) is 18.9. The van der Waals surface area contributed by atoms with Gasteiger partial charge in [-0.3, -0.25) is 4.79 Å². The summed E-state index contributed by atoms with van der Waals surface area (Å²) in [7, 11) is 0. The van der Waals surface area contributed by atoms with Gasteiger partial charge in [0.15, 0.2) is 6.29 Å². The van der Waals surface area contributed by atoms with E-state index in [1.807, 2.05) is 0 Å². The predicted molar refractivity (Wildman–Crippen MR) is 349 cm³/mol. The van der Waals surface area contributed by atoms with Gasteiger partial charge in [-0.05, 0) is 12.8 Å². The molecule has 496 valence electrons. The molecule has 1 rings (SSSR count). The molecule has 0 aromatic rings. The first-order chi connectivity index (χ1) is 40.7. The number of nitrogens with one attached hydrogen (secondary N) is 1. The van der Waals surface area contributed by atoms with Crippen LogP contribution in [0.25, 0.3) is 0 Å². The summed E-state index contributed by atoms with van der Waals surface area (Å²) in [4.78, 5) is 13.3. The van der Waals surface area contributed by atoms with Crippen LogP contribution in [0.3, 0.4) is 0 Å². The highest BCUT2D eigenvalue weighted by atomic mass is 16.7. The first-order valence-corrected chi connectivity index (χ1v) is 36.9. The number of hydrogen-bond acceptors (Lipinski definition) is 10. The molecule has 0 aliphatic carbocycles. The molecule has 0 saturated carbocycles. The van der Waals surface area contributed by atoms with Crippen molar-refractivity contribution in [2.45, 2.75) is 441 Å². The zero-order valence-electron chi connectivity index (χ0n) is 55.0. The standard InChI is InChI=1S/C72H143NO10/c1-3-5-7-9-11-13-15-17-19-21-23-25-27-29-31-33-35-37-39-41-43-45-47-49-51-53-55-57-59-64(75)67(77)63(62-82-72-70(80)69(79)68(78)66(61-74)83-72)73-71(81)65(76)60-58-56-54-52-50-48-46-44-42-40-38-36-34-32-30-28-26-24-22-20-18-16-14-12-10-8-6-4-2/h63-70,72,74-80H,3-62H2,1-2H3,(H,73,81). The molecule has 1 fully saturated rings.